The number of hydrogen-bond acceptors (Lipinski definition) is 9. The van der Waals surface area contributed by atoms with Gasteiger partial charge in [0, 0.05) is 75.7 Å². The third-order valence-corrected chi connectivity index (χ3v) is 11.3. The van der Waals surface area contributed by atoms with Gasteiger partial charge in [-0.05, 0) is 44.4 Å². The lowest BCUT2D eigenvalue weighted by Crippen LogP contribution is -2.54. The van der Waals surface area contributed by atoms with Crippen molar-refractivity contribution in [1.29, 1.82) is 0 Å². The summed E-state index contributed by atoms with van der Waals surface area (Å²) in [5, 5.41) is 2.63. The molecule has 1 amide bonds. The quantitative estimate of drug-likeness (QED) is 0.167. The second-order valence-corrected chi connectivity index (χ2v) is 15.5. The number of nitrogens with zero attached hydrogens (tertiary/aromatic N) is 3. The second kappa shape index (κ2) is 26.7. The topological polar surface area (TPSA) is 156 Å². The molecule has 2 heterocycles. The number of ether oxygens (including phenoxy) is 1. The van der Waals surface area contributed by atoms with Gasteiger partial charge in [0.15, 0.2) is 0 Å². The maximum atomic E-state index is 13.4. The van der Waals surface area contributed by atoms with E-state index in [-0.39, 0.29) is 49.3 Å². The van der Waals surface area contributed by atoms with Crippen LogP contribution in [0.4, 0.5) is 4.79 Å². The molecule has 0 spiro atoms. The van der Waals surface area contributed by atoms with E-state index in [0.717, 1.165) is 70.6 Å². The predicted octanol–water partition coefficient (Wildman–Crippen LogP) is 6.45. The molecule has 52 heavy (non-hydrogen) atoms. The van der Waals surface area contributed by atoms with Crippen LogP contribution in [0.5, 0.6) is 0 Å². The van der Waals surface area contributed by atoms with Crippen LogP contribution in [0.25, 0.3) is 0 Å². The van der Waals surface area contributed by atoms with E-state index in [1.165, 1.54) is 20.8 Å². The van der Waals surface area contributed by atoms with Gasteiger partial charge in [-0.25, -0.2) is 32.9 Å². The van der Waals surface area contributed by atoms with Gasteiger partial charge in [-0.3, -0.25) is 14.4 Å². The lowest BCUT2D eigenvalue weighted by Gasteiger charge is -2.16. The van der Waals surface area contributed by atoms with Crippen LogP contribution < -0.4 is 22.4 Å². The summed E-state index contributed by atoms with van der Waals surface area (Å²) >= 11 is 1.61. The first kappa shape index (κ1) is 45.2. The Hall–Kier alpha value is -2.96. The molecule has 296 valence electrons. The molecule has 2 rings (SSSR count). The van der Waals surface area contributed by atoms with Crippen LogP contribution in [0.1, 0.15) is 149 Å². The molecule has 1 aromatic heterocycles. The zero-order valence-electron chi connectivity index (χ0n) is 32.3. The zero-order chi connectivity index (χ0) is 38.1. The van der Waals surface area contributed by atoms with Gasteiger partial charge in [-0.1, -0.05) is 78.1 Å². The molecule has 2 unspecified atom stereocenters. The molecule has 12 nitrogen and oxygen atoms in total. The number of methoxy groups -OCH3 is 1. The number of fused-ring (bicyclic) bond motifs is 2. The molecule has 2 bridgehead atoms. The van der Waals surface area contributed by atoms with Crippen molar-refractivity contribution in [3.05, 3.63) is 31.5 Å². The molecule has 0 saturated heterocycles. The predicted molar refractivity (Wildman–Crippen MR) is 207 cm³/mol. The van der Waals surface area contributed by atoms with Crippen molar-refractivity contribution in [1.82, 2.24) is 19.0 Å². The third kappa shape index (κ3) is 17.2. The number of nitrogens with one attached hydrogen (secondary N) is 1. The molecule has 1 aliphatic heterocycles. The van der Waals surface area contributed by atoms with E-state index in [0.29, 0.717) is 81.8 Å². The van der Waals surface area contributed by atoms with Crippen LogP contribution in [-0.2, 0) is 38.8 Å². The van der Waals surface area contributed by atoms with Crippen LogP contribution in [0.3, 0.4) is 0 Å². The molecule has 0 radical (unpaired) electrons. The molecule has 0 aliphatic carbocycles. The summed E-state index contributed by atoms with van der Waals surface area (Å²) in [7, 11) is 1.31. The number of ketones is 3. The van der Waals surface area contributed by atoms with E-state index < -0.39 is 23.2 Å². The highest BCUT2D eigenvalue weighted by atomic mass is 32.2. The molecule has 1 aliphatic rings. The van der Waals surface area contributed by atoms with Crippen molar-refractivity contribution in [2.24, 2.45) is 11.8 Å². The number of hydrogen-bond donors (Lipinski definition) is 1. The zero-order valence-corrected chi connectivity index (χ0v) is 33.1. The maximum Gasteiger partial charge on any atom is 0.406 e. The number of alkyl carbamates (subject to hydrolysis) is 1. The standard InChI is InChI=1S/C39H66N4O8S/c1-4-6-19-31(5-2)28-34(45)22-27-52-30-32-29-33(44)20-13-7-10-16-24-41-37(48)42(25-17-11-8-14-21-35(32)46)39(50)43(38(41)49)26-18-12-9-15-23-40-36(47)51-3/h31-32H,4-30H2,1-3H3,(H,40,47). The molecule has 0 fully saturated rings. The van der Waals surface area contributed by atoms with Gasteiger partial charge in [-0.15, -0.1) is 0 Å². The van der Waals surface area contributed by atoms with Gasteiger partial charge < -0.3 is 10.1 Å². The van der Waals surface area contributed by atoms with Crippen LogP contribution in [0, 0.1) is 11.8 Å². The fourth-order valence-corrected chi connectivity index (χ4v) is 7.89. The molecule has 1 aromatic rings. The first-order chi connectivity index (χ1) is 25.1. The molecule has 1 N–H and O–H groups in total. The Bertz CT molecular complexity index is 1420. The summed E-state index contributed by atoms with van der Waals surface area (Å²) < 4.78 is 8.11. The first-order valence-electron chi connectivity index (χ1n) is 20.0. The van der Waals surface area contributed by atoms with Crippen molar-refractivity contribution in [3.63, 3.8) is 0 Å². The molecule has 2 atom stereocenters. The van der Waals surface area contributed by atoms with Crippen molar-refractivity contribution < 1.29 is 23.9 Å². The molecule has 13 heteroatoms. The number of aromatic nitrogens is 3. The van der Waals surface area contributed by atoms with E-state index in [9.17, 15) is 33.6 Å². The summed E-state index contributed by atoms with van der Waals surface area (Å²) in [5.41, 5.74) is -1.74. The number of rotatable bonds is 18. The highest BCUT2D eigenvalue weighted by molar-refractivity contribution is 7.99. The van der Waals surface area contributed by atoms with Gasteiger partial charge in [0.05, 0.1) is 7.11 Å². The van der Waals surface area contributed by atoms with Crippen molar-refractivity contribution in [2.45, 2.75) is 168 Å². The largest absolute Gasteiger partial charge is 0.453 e. The number of Topliss-reactive ketones (excluding diaryl/α,β-unsaturated/α-hetero) is 3. The summed E-state index contributed by atoms with van der Waals surface area (Å²) in [5.74, 6) is 1.80. The highest BCUT2D eigenvalue weighted by Gasteiger charge is 2.22. The van der Waals surface area contributed by atoms with Crippen LogP contribution in [-0.4, -0.2) is 62.3 Å². The van der Waals surface area contributed by atoms with E-state index in [2.05, 4.69) is 23.9 Å². The third-order valence-electron chi connectivity index (χ3n) is 10.1. The minimum absolute atomic E-state index is 0.0839. The summed E-state index contributed by atoms with van der Waals surface area (Å²) in [6.45, 7) is 5.42. The Morgan fingerprint density at radius 1 is 0.808 bits per heavy atom. The van der Waals surface area contributed by atoms with E-state index in [4.69, 9.17) is 0 Å². The van der Waals surface area contributed by atoms with Crippen LogP contribution in [0.2, 0.25) is 0 Å². The number of carbonyl (C=O) groups excluding carboxylic acids is 4. The molecular weight excluding hydrogens is 685 g/mol. The van der Waals surface area contributed by atoms with Gasteiger partial charge in [-0.2, -0.15) is 11.8 Å². The monoisotopic (exact) mass is 750 g/mol. The molecular formula is C39H66N4O8S. The normalized spacial score (nSPS) is 17.5. The first-order valence-corrected chi connectivity index (χ1v) is 21.2. The summed E-state index contributed by atoms with van der Waals surface area (Å²) in [4.78, 5) is 90.2. The highest BCUT2D eigenvalue weighted by Crippen LogP contribution is 2.22. The Morgan fingerprint density at radius 3 is 2.08 bits per heavy atom. The lowest BCUT2D eigenvalue weighted by atomic mass is 9.93. The van der Waals surface area contributed by atoms with Crippen molar-refractivity contribution in [3.8, 4) is 0 Å². The fraction of sp³-hybridized carbons (Fsp3) is 0.821. The average Bonchev–Trinajstić information content (AvgIpc) is 3.13. The Kier molecular flexibility index (Phi) is 23.3. The van der Waals surface area contributed by atoms with Gasteiger partial charge in [0.2, 0.25) is 0 Å². The van der Waals surface area contributed by atoms with E-state index in [1.807, 2.05) is 0 Å². The van der Waals surface area contributed by atoms with Gasteiger partial charge >= 0.3 is 23.2 Å². The Balaban J connectivity index is 1.99. The maximum absolute atomic E-state index is 13.4. The number of thioether (sulfide) groups is 1. The van der Waals surface area contributed by atoms with Gasteiger partial charge in [0.25, 0.3) is 0 Å². The van der Waals surface area contributed by atoms with Gasteiger partial charge in [0.1, 0.15) is 17.3 Å². The summed E-state index contributed by atoms with van der Waals surface area (Å²) in [6.07, 6.45) is 14.4. The number of unbranched alkanes of at least 4 members (excludes halogenated alkanes) is 4. The second-order valence-electron chi connectivity index (χ2n) is 14.4. The Labute approximate surface area is 314 Å². The van der Waals surface area contributed by atoms with Crippen molar-refractivity contribution in [2.75, 3.05) is 25.2 Å². The summed E-state index contributed by atoms with van der Waals surface area (Å²) in [6, 6.07) is 0. The van der Waals surface area contributed by atoms with Crippen molar-refractivity contribution >= 4 is 35.2 Å². The Morgan fingerprint density at radius 2 is 1.44 bits per heavy atom. The minimum Gasteiger partial charge on any atom is -0.453 e. The number of amides is 1. The minimum atomic E-state index is -0.582. The average molecular weight is 751 g/mol. The lowest BCUT2D eigenvalue weighted by molar-refractivity contribution is -0.127. The molecule has 0 aromatic carbocycles. The van der Waals surface area contributed by atoms with E-state index in [1.54, 1.807) is 11.8 Å². The smallest absolute Gasteiger partial charge is 0.406 e. The number of carbonyl (C=O) groups is 4. The van der Waals surface area contributed by atoms with Crippen LogP contribution >= 0.6 is 11.8 Å². The van der Waals surface area contributed by atoms with Crippen LogP contribution in [0.15, 0.2) is 14.4 Å². The van der Waals surface area contributed by atoms with E-state index >= 15 is 0 Å². The molecule has 0 saturated carbocycles. The fourth-order valence-electron chi connectivity index (χ4n) is 6.76. The SMILES string of the molecule is CCCCC(CC)CC(=O)CCSCC1CC(=O)CCCCCCn2c(=O)n(CCCCCCNC(=O)OC)c(=O)n(c2=O)CCCCCCC1=O.